The van der Waals surface area contributed by atoms with Crippen LogP contribution in [0.4, 0.5) is 5.69 Å². The van der Waals surface area contributed by atoms with Crippen LogP contribution in [0.5, 0.6) is 5.75 Å². The Labute approximate surface area is 145 Å². The van der Waals surface area contributed by atoms with Crippen molar-refractivity contribution in [2.24, 2.45) is 0 Å². The molecular formula is C20H19NO2S. The van der Waals surface area contributed by atoms with E-state index in [1.807, 2.05) is 53.9 Å². The molecule has 1 N–H and O–H groups in total. The SMILES string of the molecule is Cc1ccc(OCc2csc(C(=O)Nc3ccccc3)c2)cc1C. The number of amides is 1. The molecule has 2 aromatic carbocycles. The van der Waals surface area contributed by atoms with Crippen LogP contribution in [0.25, 0.3) is 0 Å². The average Bonchev–Trinajstić information content (AvgIpc) is 3.06. The second kappa shape index (κ2) is 7.32. The number of carbonyl (C=O) groups is 1. The fraction of sp³-hybridized carbons (Fsp3) is 0.150. The van der Waals surface area contributed by atoms with Crippen molar-refractivity contribution in [3.05, 3.63) is 81.5 Å². The Hall–Kier alpha value is -2.59. The number of carbonyl (C=O) groups excluding carboxylic acids is 1. The number of hydrogen-bond donors (Lipinski definition) is 1. The van der Waals surface area contributed by atoms with Gasteiger partial charge in [0.05, 0.1) is 4.88 Å². The summed E-state index contributed by atoms with van der Waals surface area (Å²) in [7, 11) is 0. The van der Waals surface area contributed by atoms with E-state index in [1.165, 1.54) is 22.5 Å². The van der Waals surface area contributed by atoms with Crippen molar-refractivity contribution >= 4 is 22.9 Å². The Morgan fingerprint density at radius 2 is 1.83 bits per heavy atom. The molecule has 122 valence electrons. The van der Waals surface area contributed by atoms with Gasteiger partial charge in [-0.15, -0.1) is 11.3 Å². The Bertz CT molecular complexity index is 840. The van der Waals surface area contributed by atoms with Crippen molar-refractivity contribution in [2.75, 3.05) is 5.32 Å². The maximum atomic E-state index is 12.2. The molecule has 0 bridgehead atoms. The normalized spacial score (nSPS) is 10.4. The number of nitrogens with one attached hydrogen (secondary N) is 1. The minimum atomic E-state index is -0.0939. The zero-order valence-electron chi connectivity index (χ0n) is 13.7. The van der Waals surface area contributed by atoms with Crippen molar-refractivity contribution in [3.8, 4) is 5.75 Å². The molecule has 1 heterocycles. The van der Waals surface area contributed by atoms with Crippen LogP contribution in [0.1, 0.15) is 26.4 Å². The van der Waals surface area contributed by atoms with Gasteiger partial charge in [-0.25, -0.2) is 0 Å². The molecule has 3 nitrogen and oxygen atoms in total. The molecule has 3 rings (SSSR count). The van der Waals surface area contributed by atoms with Crippen LogP contribution in [-0.2, 0) is 6.61 Å². The first-order valence-corrected chi connectivity index (χ1v) is 8.63. The van der Waals surface area contributed by atoms with Crippen molar-refractivity contribution in [1.29, 1.82) is 0 Å². The van der Waals surface area contributed by atoms with Gasteiger partial charge in [-0.05, 0) is 60.7 Å². The Kier molecular flexibility index (Phi) is 4.96. The molecule has 24 heavy (non-hydrogen) atoms. The topological polar surface area (TPSA) is 38.3 Å². The molecule has 0 radical (unpaired) electrons. The first-order chi connectivity index (χ1) is 11.6. The number of hydrogen-bond acceptors (Lipinski definition) is 3. The molecule has 1 amide bonds. The van der Waals surface area contributed by atoms with Crippen LogP contribution in [0.15, 0.2) is 60.0 Å². The lowest BCUT2D eigenvalue weighted by molar-refractivity contribution is 0.103. The quantitative estimate of drug-likeness (QED) is 0.695. The Balaban J connectivity index is 1.60. The fourth-order valence-corrected chi connectivity index (χ4v) is 3.05. The van der Waals surface area contributed by atoms with E-state index < -0.39 is 0 Å². The lowest BCUT2D eigenvalue weighted by Gasteiger charge is -2.07. The van der Waals surface area contributed by atoms with Crippen molar-refractivity contribution < 1.29 is 9.53 Å². The summed E-state index contributed by atoms with van der Waals surface area (Å²) in [6.07, 6.45) is 0. The van der Waals surface area contributed by atoms with Crippen LogP contribution < -0.4 is 10.1 Å². The number of para-hydroxylation sites is 1. The molecule has 0 aliphatic rings. The number of rotatable bonds is 5. The highest BCUT2D eigenvalue weighted by molar-refractivity contribution is 7.12. The molecule has 0 saturated heterocycles. The predicted octanol–water partition coefficient (Wildman–Crippen LogP) is 5.20. The highest BCUT2D eigenvalue weighted by Crippen LogP contribution is 2.21. The summed E-state index contributed by atoms with van der Waals surface area (Å²) in [5.74, 6) is 0.753. The van der Waals surface area contributed by atoms with E-state index in [9.17, 15) is 4.79 Å². The van der Waals surface area contributed by atoms with E-state index >= 15 is 0 Å². The van der Waals surface area contributed by atoms with Crippen LogP contribution in [0, 0.1) is 13.8 Å². The van der Waals surface area contributed by atoms with Gasteiger partial charge in [0, 0.05) is 11.3 Å². The van der Waals surface area contributed by atoms with E-state index in [2.05, 4.69) is 25.2 Å². The largest absolute Gasteiger partial charge is 0.489 e. The van der Waals surface area contributed by atoms with Crippen LogP contribution in [0.3, 0.4) is 0 Å². The molecule has 0 fully saturated rings. The molecule has 0 unspecified atom stereocenters. The highest BCUT2D eigenvalue weighted by atomic mass is 32.1. The van der Waals surface area contributed by atoms with Crippen molar-refractivity contribution in [3.63, 3.8) is 0 Å². The summed E-state index contributed by atoms with van der Waals surface area (Å²) in [5, 5.41) is 4.85. The van der Waals surface area contributed by atoms with Gasteiger partial charge in [0.25, 0.3) is 5.91 Å². The van der Waals surface area contributed by atoms with Crippen LogP contribution in [-0.4, -0.2) is 5.91 Å². The standard InChI is InChI=1S/C20H19NO2S/c1-14-8-9-18(10-15(14)2)23-12-16-11-19(24-13-16)20(22)21-17-6-4-3-5-7-17/h3-11,13H,12H2,1-2H3,(H,21,22). The van der Waals surface area contributed by atoms with Gasteiger partial charge in [-0.2, -0.15) is 0 Å². The lowest BCUT2D eigenvalue weighted by atomic mass is 10.1. The minimum absolute atomic E-state index is 0.0939. The molecule has 4 heteroatoms. The van der Waals surface area contributed by atoms with Gasteiger partial charge in [0.2, 0.25) is 0 Å². The molecule has 1 aromatic heterocycles. The van der Waals surface area contributed by atoms with E-state index in [-0.39, 0.29) is 5.91 Å². The summed E-state index contributed by atoms with van der Waals surface area (Å²) < 4.78 is 5.81. The number of thiophene rings is 1. The van der Waals surface area contributed by atoms with Crippen molar-refractivity contribution in [2.45, 2.75) is 20.5 Å². The van der Waals surface area contributed by atoms with E-state index in [1.54, 1.807) is 0 Å². The molecule has 0 aliphatic heterocycles. The van der Waals surface area contributed by atoms with Crippen molar-refractivity contribution in [1.82, 2.24) is 0 Å². The monoisotopic (exact) mass is 337 g/mol. The van der Waals surface area contributed by atoms with E-state index in [0.29, 0.717) is 11.5 Å². The number of anilines is 1. The highest BCUT2D eigenvalue weighted by Gasteiger charge is 2.10. The minimum Gasteiger partial charge on any atom is -0.489 e. The van der Waals surface area contributed by atoms with Crippen LogP contribution in [0.2, 0.25) is 0 Å². The molecule has 0 saturated carbocycles. The van der Waals surface area contributed by atoms with Gasteiger partial charge in [0.15, 0.2) is 0 Å². The van der Waals surface area contributed by atoms with Gasteiger partial charge in [-0.3, -0.25) is 4.79 Å². The van der Waals surface area contributed by atoms with Gasteiger partial charge >= 0.3 is 0 Å². The fourth-order valence-electron chi connectivity index (χ4n) is 2.25. The third-order valence-electron chi connectivity index (χ3n) is 3.79. The van der Waals surface area contributed by atoms with Gasteiger partial charge < -0.3 is 10.1 Å². The second-order valence-electron chi connectivity index (χ2n) is 5.67. The van der Waals surface area contributed by atoms with E-state index in [4.69, 9.17) is 4.74 Å². The Morgan fingerprint density at radius 3 is 2.58 bits per heavy atom. The molecule has 0 aliphatic carbocycles. The summed E-state index contributed by atoms with van der Waals surface area (Å²) >= 11 is 1.43. The molecule has 0 spiro atoms. The smallest absolute Gasteiger partial charge is 0.265 e. The zero-order valence-corrected chi connectivity index (χ0v) is 14.5. The summed E-state index contributed by atoms with van der Waals surface area (Å²) in [4.78, 5) is 12.9. The first-order valence-electron chi connectivity index (χ1n) is 7.76. The van der Waals surface area contributed by atoms with Crippen LogP contribution >= 0.6 is 11.3 Å². The number of benzene rings is 2. The maximum absolute atomic E-state index is 12.2. The third-order valence-corrected chi connectivity index (χ3v) is 4.77. The molecular weight excluding hydrogens is 318 g/mol. The van der Waals surface area contributed by atoms with Gasteiger partial charge in [-0.1, -0.05) is 24.3 Å². The van der Waals surface area contributed by atoms with Gasteiger partial charge in [0.1, 0.15) is 12.4 Å². The van der Waals surface area contributed by atoms with E-state index in [0.717, 1.165) is 17.0 Å². The molecule has 3 aromatic rings. The third kappa shape index (κ3) is 4.03. The second-order valence-corrected chi connectivity index (χ2v) is 6.59. The Morgan fingerprint density at radius 1 is 1.04 bits per heavy atom. The summed E-state index contributed by atoms with van der Waals surface area (Å²) in [5.41, 5.74) is 4.25. The average molecular weight is 337 g/mol. The zero-order chi connectivity index (χ0) is 16.9. The first kappa shape index (κ1) is 16.3. The summed E-state index contributed by atoms with van der Waals surface area (Å²) in [6.45, 7) is 4.60. The maximum Gasteiger partial charge on any atom is 0.265 e. The number of ether oxygens (including phenoxy) is 1. The predicted molar refractivity (Wildman–Crippen MR) is 99.0 cm³/mol. The molecule has 0 atom stereocenters. The lowest BCUT2D eigenvalue weighted by Crippen LogP contribution is -2.09. The summed E-state index contributed by atoms with van der Waals surface area (Å²) in [6, 6.07) is 17.4. The number of aryl methyl sites for hydroxylation is 2.